The average molecular weight is 303 g/mol. The lowest BCUT2D eigenvalue weighted by Crippen LogP contribution is -2.41. The number of piperidine rings is 1. The van der Waals surface area contributed by atoms with E-state index >= 15 is 0 Å². The molecule has 6 nitrogen and oxygen atoms in total. The fraction of sp³-hybridized carbons (Fsp3) is 0.375. The van der Waals surface area contributed by atoms with E-state index in [1.165, 1.54) is 18.6 Å². The van der Waals surface area contributed by atoms with Gasteiger partial charge in [0.05, 0.1) is 17.9 Å². The summed E-state index contributed by atoms with van der Waals surface area (Å²) >= 11 is 0. The highest BCUT2D eigenvalue weighted by atomic mass is 16.5. The second-order valence-electron chi connectivity index (χ2n) is 5.34. The van der Waals surface area contributed by atoms with Gasteiger partial charge in [-0.15, -0.1) is 0 Å². The molecule has 0 N–H and O–H groups in total. The summed E-state index contributed by atoms with van der Waals surface area (Å²) in [6, 6.07) is 4.71. The molecule has 0 bridgehead atoms. The third kappa shape index (κ3) is 3.21. The van der Waals surface area contributed by atoms with Gasteiger partial charge in [-0.2, -0.15) is 0 Å². The Bertz CT molecular complexity index is 696. The van der Waals surface area contributed by atoms with Gasteiger partial charge >= 0.3 is 5.63 Å². The minimum atomic E-state index is -0.414. The summed E-state index contributed by atoms with van der Waals surface area (Å²) in [6.45, 7) is 2.95. The van der Waals surface area contributed by atoms with E-state index in [-0.39, 0.29) is 12.0 Å². The highest BCUT2D eigenvalue weighted by Gasteiger charge is 2.25. The minimum Gasteiger partial charge on any atom is -0.490 e. The Balaban J connectivity index is 1.57. The van der Waals surface area contributed by atoms with Crippen LogP contribution in [-0.2, 0) is 0 Å². The van der Waals surface area contributed by atoms with Gasteiger partial charge in [-0.05, 0) is 13.0 Å². The molecule has 2 aromatic heterocycles. The number of hydrogen-bond acceptors (Lipinski definition) is 5. The summed E-state index contributed by atoms with van der Waals surface area (Å²) < 4.78 is 15.7. The van der Waals surface area contributed by atoms with Crippen molar-refractivity contribution in [2.75, 3.05) is 13.1 Å². The third-order valence-electron chi connectivity index (χ3n) is 3.67. The molecule has 116 valence electrons. The largest absolute Gasteiger partial charge is 0.490 e. The SMILES string of the molecule is Cc1cc(OC2CCN(C(=O)c3ccoc3)CC2)cc(=O)o1. The zero-order valence-electron chi connectivity index (χ0n) is 12.3. The molecule has 2 aromatic rings. The van der Waals surface area contributed by atoms with Crippen LogP contribution in [-0.4, -0.2) is 30.0 Å². The van der Waals surface area contributed by atoms with E-state index in [1.807, 2.05) is 0 Å². The number of hydrogen-bond donors (Lipinski definition) is 0. The second kappa shape index (κ2) is 6.09. The summed E-state index contributed by atoms with van der Waals surface area (Å²) in [5.41, 5.74) is 0.151. The molecule has 0 aromatic carbocycles. The van der Waals surface area contributed by atoms with Gasteiger partial charge in [0.1, 0.15) is 23.9 Å². The maximum absolute atomic E-state index is 12.2. The van der Waals surface area contributed by atoms with E-state index in [0.717, 1.165) is 12.8 Å². The number of carbonyl (C=O) groups is 1. The molecule has 6 heteroatoms. The molecule has 3 heterocycles. The molecule has 0 atom stereocenters. The highest BCUT2D eigenvalue weighted by molar-refractivity contribution is 5.93. The van der Waals surface area contributed by atoms with Crippen LogP contribution in [0.25, 0.3) is 0 Å². The molecule has 0 unspecified atom stereocenters. The van der Waals surface area contributed by atoms with Crippen LogP contribution in [0.5, 0.6) is 5.75 Å². The van der Waals surface area contributed by atoms with Crippen molar-refractivity contribution >= 4 is 5.91 Å². The zero-order chi connectivity index (χ0) is 15.5. The van der Waals surface area contributed by atoms with Crippen molar-refractivity contribution in [1.82, 2.24) is 4.90 Å². The first-order chi connectivity index (χ1) is 10.6. The van der Waals surface area contributed by atoms with Crippen LogP contribution in [0, 0.1) is 6.92 Å². The maximum atomic E-state index is 12.2. The molecule has 1 aliphatic rings. The van der Waals surface area contributed by atoms with E-state index in [1.54, 1.807) is 24.0 Å². The van der Waals surface area contributed by atoms with Crippen LogP contribution in [0.15, 0.2) is 44.4 Å². The normalized spacial score (nSPS) is 15.8. The maximum Gasteiger partial charge on any atom is 0.339 e. The summed E-state index contributed by atoms with van der Waals surface area (Å²) in [4.78, 5) is 25.3. The molecule has 0 spiro atoms. The second-order valence-corrected chi connectivity index (χ2v) is 5.34. The van der Waals surface area contributed by atoms with Crippen LogP contribution in [0.4, 0.5) is 0 Å². The summed E-state index contributed by atoms with van der Waals surface area (Å²) in [5.74, 6) is 1.02. The van der Waals surface area contributed by atoms with Gasteiger partial charge in [-0.3, -0.25) is 4.79 Å². The van der Waals surface area contributed by atoms with Gasteiger partial charge in [-0.25, -0.2) is 4.79 Å². The van der Waals surface area contributed by atoms with Crippen molar-refractivity contribution in [2.24, 2.45) is 0 Å². The quantitative estimate of drug-likeness (QED) is 0.869. The van der Waals surface area contributed by atoms with E-state index < -0.39 is 5.63 Å². The van der Waals surface area contributed by atoms with Gasteiger partial charge < -0.3 is 18.5 Å². The van der Waals surface area contributed by atoms with Gasteiger partial charge in [0.25, 0.3) is 5.91 Å². The summed E-state index contributed by atoms with van der Waals surface area (Å²) in [7, 11) is 0. The molecule has 1 aliphatic heterocycles. The number of ether oxygens (including phenoxy) is 1. The van der Waals surface area contributed by atoms with Crippen LogP contribution in [0.2, 0.25) is 0 Å². The number of furan rings is 1. The number of carbonyl (C=O) groups excluding carboxylic acids is 1. The molecule has 1 fully saturated rings. The number of rotatable bonds is 3. The first kappa shape index (κ1) is 14.4. The molecule has 3 rings (SSSR count). The third-order valence-corrected chi connectivity index (χ3v) is 3.67. The number of nitrogens with zero attached hydrogens (tertiary/aromatic N) is 1. The van der Waals surface area contributed by atoms with Crippen molar-refractivity contribution in [3.05, 3.63) is 52.5 Å². The van der Waals surface area contributed by atoms with Crippen LogP contribution < -0.4 is 10.4 Å². The summed E-state index contributed by atoms with van der Waals surface area (Å²) in [5, 5.41) is 0. The van der Waals surface area contributed by atoms with Crippen LogP contribution in [0.3, 0.4) is 0 Å². The van der Waals surface area contributed by atoms with Crippen molar-refractivity contribution in [3.63, 3.8) is 0 Å². The molecule has 0 radical (unpaired) electrons. The Morgan fingerprint density at radius 2 is 2.09 bits per heavy atom. The monoisotopic (exact) mass is 303 g/mol. The number of aryl methyl sites for hydroxylation is 1. The Kier molecular flexibility index (Phi) is 4.00. The topological polar surface area (TPSA) is 72.9 Å². The van der Waals surface area contributed by atoms with Gasteiger partial charge in [0.15, 0.2) is 0 Å². The molecule has 22 heavy (non-hydrogen) atoms. The molecular weight excluding hydrogens is 286 g/mol. The lowest BCUT2D eigenvalue weighted by molar-refractivity contribution is 0.0594. The Morgan fingerprint density at radius 1 is 1.32 bits per heavy atom. The first-order valence-electron chi connectivity index (χ1n) is 7.22. The first-order valence-corrected chi connectivity index (χ1v) is 7.22. The Hall–Kier alpha value is -2.50. The Labute approximate surface area is 127 Å². The van der Waals surface area contributed by atoms with Crippen molar-refractivity contribution in [1.29, 1.82) is 0 Å². The van der Waals surface area contributed by atoms with Crippen molar-refractivity contribution in [2.45, 2.75) is 25.9 Å². The van der Waals surface area contributed by atoms with Gasteiger partial charge in [0.2, 0.25) is 0 Å². The fourth-order valence-electron chi connectivity index (χ4n) is 2.58. The smallest absolute Gasteiger partial charge is 0.339 e. The van der Waals surface area contributed by atoms with E-state index in [9.17, 15) is 9.59 Å². The standard InChI is InChI=1S/C16H17NO5/c1-11-8-14(9-15(18)21-11)22-13-2-5-17(6-3-13)16(19)12-4-7-20-10-12/h4,7-10,13H,2-3,5-6H2,1H3. The number of likely N-dealkylation sites (tertiary alicyclic amines) is 1. The predicted molar refractivity (Wildman–Crippen MR) is 78.0 cm³/mol. The lowest BCUT2D eigenvalue weighted by Gasteiger charge is -2.31. The summed E-state index contributed by atoms with van der Waals surface area (Å²) in [6.07, 6.45) is 4.39. The predicted octanol–water partition coefficient (Wildman–Crippen LogP) is 2.22. The lowest BCUT2D eigenvalue weighted by atomic mass is 10.1. The van der Waals surface area contributed by atoms with Crippen LogP contribution in [0.1, 0.15) is 29.0 Å². The minimum absolute atomic E-state index is 0.00500. The van der Waals surface area contributed by atoms with Crippen molar-refractivity contribution in [3.8, 4) is 5.75 Å². The zero-order valence-corrected chi connectivity index (χ0v) is 12.3. The highest BCUT2D eigenvalue weighted by Crippen LogP contribution is 2.20. The molecule has 1 amide bonds. The van der Waals surface area contributed by atoms with E-state index in [2.05, 4.69) is 0 Å². The Morgan fingerprint density at radius 3 is 2.73 bits per heavy atom. The molecule has 0 saturated carbocycles. The van der Waals surface area contributed by atoms with Crippen molar-refractivity contribution < 1.29 is 18.4 Å². The number of amides is 1. The van der Waals surface area contributed by atoms with E-state index in [0.29, 0.717) is 30.2 Å². The van der Waals surface area contributed by atoms with Gasteiger partial charge in [-0.1, -0.05) is 0 Å². The molecule has 1 saturated heterocycles. The molecular formula is C16H17NO5. The van der Waals surface area contributed by atoms with E-state index in [4.69, 9.17) is 13.6 Å². The average Bonchev–Trinajstić information content (AvgIpc) is 3.00. The van der Waals surface area contributed by atoms with Gasteiger partial charge in [0, 0.05) is 32.0 Å². The van der Waals surface area contributed by atoms with Crippen LogP contribution >= 0.6 is 0 Å². The fourth-order valence-corrected chi connectivity index (χ4v) is 2.58. The molecule has 0 aliphatic carbocycles.